The SMILES string of the molecule is C[C@H](NC(=O)Cc1cc(F)cc(F)c1F)C(=O)NC1N=C(c2ccccn2)c2ccccc2N(CC(=O)C(C)(C)C)C1=O. The average molecular weight is 594 g/mol. The first kappa shape index (κ1) is 31.1. The highest BCUT2D eigenvalue weighted by Gasteiger charge is 2.36. The van der Waals surface area contributed by atoms with Crippen LogP contribution in [0.2, 0.25) is 0 Å². The Balaban J connectivity index is 1.63. The van der Waals surface area contributed by atoms with E-state index in [0.717, 1.165) is 0 Å². The summed E-state index contributed by atoms with van der Waals surface area (Å²) >= 11 is 0. The molecular formula is C31H30F3N5O4. The molecule has 9 nitrogen and oxygen atoms in total. The van der Waals surface area contributed by atoms with Gasteiger partial charge in [-0.25, -0.2) is 18.2 Å². The van der Waals surface area contributed by atoms with Crippen molar-refractivity contribution < 1.29 is 32.3 Å². The molecule has 0 spiro atoms. The zero-order valence-electron chi connectivity index (χ0n) is 24.0. The highest BCUT2D eigenvalue weighted by atomic mass is 19.2. The van der Waals surface area contributed by atoms with Gasteiger partial charge in [-0.2, -0.15) is 0 Å². The van der Waals surface area contributed by atoms with Gasteiger partial charge in [0.05, 0.1) is 30.1 Å². The average Bonchev–Trinajstić information content (AvgIpc) is 3.06. The van der Waals surface area contributed by atoms with Gasteiger partial charge in [0.25, 0.3) is 5.91 Å². The van der Waals surface area contributed by atoms with Crippen LogP contribution in [0.25, 0.3) is 0 Å². The lowest BCUT2D eigenvalue weighted by Gasteiger charge is -2.28. The minimum atomic E-state index is -1.52. The first-order valence-corrected chi connectivity index (χ1v) is 13.4. The normalized spacial score (nSPS) is 15.6. The standard InChI is InChI=1S/C31H30F3N5O4/c1-17(36-25(41)14-18-13-19(32)15-21(33)26(18)34)29(42)38-28-30(43)39(16-24(40)31(2,3)4)23-11-6-5-9-20(23)27(37-28)22-10-7-8-12-35-22/h5-13,15,17,28H,14,16H2,1-4H3,(H,36,41)(H,38,42)/t17-,28?/m0/s1. The maximum Gasteiger partial charge on any atom is 0.272 e. The Bertz CT molecular complexity index is 1600. The van der Waals surface area contributed by atoms with Gasteiger partial charge in [0.15, 0.2) is 17.4 Å². The van der Waals surface area contributed by atoms with Gasteiger partial charge in [0.1, 0.15) is 11.9 Å². The molecule has 3 amide bonds. The van der Waals surface area contributed by atoms with Crippen LogP contribution in [-0.2, 0) is 25.6 Å². The molecule has 2 aromatic carbocycles. The van der Waals surface area contributed by atoms with Crippen LogP contribution < -0.4 is 15.5 Å². The number of para-hydroxylation sites is 1. The summed E-state index contributed by atoms with van der Waals surface area (Å²) in [7, 11) is 0. The molecule has 3 aromatic rings. The predicted molar refractivity (Wildman–Crippen MR) is 153 cm³/mol. The van der Waals surface area contributed by atoms with E-state index in [4.69, 9.17) is 0 Å². The number of ketones is 1. The number of benzodiazepines with no additional fused rings is 1. The van der Waals surface area contributed by atoms with Crippen LogP contribution in [0.15, 0.2) is 65.8 Å². The maximum absolute atomic E-state index is 14.0. The first-order valence-electron chi connectivity index (χ1n) is 13.4. The number of pyridine rings is 1. The largest absolute Gasteiger partial charge is 0.344 e. The smallest absolute Gasteiger partial charge is 0.272 e. The first-order chi connectivity index (χ1) is 20.3. The number of rotatable bonds is 8. The van der Waals surface area contributed by atoms with Crippen molar-refractivity contribution in [2.45, 2.75) is 46.3 Å². The van der Waals surface area contributed by atoms with E-state index < -0.39 is 64.8 Å². The second kappa shape index (κ2) is 12.6. The molecule has 0 radical (unpaired) electrons. The summed E-state index contributed by atoms with van der Waals surface area (Å²) in [4.78, 5) is 62.9. The van der Waals surface area contributed by atoms with E-state index >= 15 is 0 Å². The zero-order valence-corrected chi connectivity index (χ0v) is 24.0. The van der Waals surface area contributed by atoms with E-state index in [1.165, 1.54) is 11.8 Å². The lowest BCUT2D eigenvalue weighted by molar-refractivity contribution is -0.131. The zero-order chi connectivity index (χ0) is 31.5. The molecule has 1 aliphatic heterocycles. The van der Waals surface area contributed by atoms with Crippen molar-refractivity contribution in [2.75, 3.05) is 11.4 Å². The van der Waals surface area contributed by atoms with E-state index in [0.29, 0.717) is 34.8 Å². The van der Waals surface area contributed by atoms with E-state index in [2.05, 4.69) is 20.6 Å². The molecule has 0 aliphatic carbocycles. The summed E-state index contributed by atoms with van der Waals surface area (Å²) in [6.45, 7) is 6.21. The molecule has 0 fully saturated rings. The summed E-state index contributed by atoms with van der Waals surface area (Å²) in [5.41, 5.74) is 0.324. The highest BCUT2D eigenvalue weighted by molar-refractivity contribution is 6.20. The molecule has 0 saturated heterocycles. The Morgan fingerprint density at radius 2 is 1.72 bits per heavy atom. The number of Topliss-reactive ketones (excluding diaryl/α,β-unsaturated/α-hetero) is 1. The van der Waals surface area contributed by atoms with Crippen molar-refractivity contribution >= 4 is 34.9 Å². The number of aliphatic imine (C=N–C) groups is 1. The molecule has 224 valence electrons. The molecule has 12 heteroatoms. The van der Waals surface area contributed by atoms with Gasteiger partial charge in [0, 0.05) is 28.8 Å². The van der Waals surface area contributed by atoms with E-state index in [-0.39, 0.29) is 12.3 Å². The highest BCUT2D eigenvalue weighted by Crippen LogP contribution is 2.29. The molecular weight excluding hydrogens is 563 g/mol. The number of hydrogen-bond acceptors (Lipinski definition) is 6. The van der Waals surface area contributed by atoms with Crippen LogP contribution in [-0.4, -0.2) is 53.0 Å². The number of fused-ring (bicyclic) bond motifs is 1. The summed E-state index contributed by atoms with van der Waals surface area (Å²) in [5, 5.41) is 4.85. The van der Waals surface area contributed by atoms with Crippen LogP contribution >= 0.6 is 0 Å². The van der Waals surface area contributed by atoms with Gasteiger partial charge < -0.3 is 15.5 Å². The van der Waals surface area contributed by atoms with E-state index in [9.17, 15) is 32.3 Å². The van der Waals surface area contributed by atoms with Crippen LogP contribution in [0.4, 0.5) is 18.9 Å². The topological polar surface area (TPSA) is 121 Å². The van der Waals surface area contributed by atoms with Crippen LogP contribution in [0.1, 0.15) is 44.5 Å². The number of anilines is 1. The third kappa shape index (κ3) is 7.14. The molecule has 1 unspecified atom stereocenters. The maximum atomic E-state index is 14.0. The molecule has 2 heterocycles. The van der Waals surface area contributed by atoms with Gasteiger partial charge in [-0.15, -0.1) is 0 Å². The number of halogens is 3. The summed E-state index contributed by atoms with van der Waals surface area (Å²) in [6.07, 6.45) is -0.702. The number of carbonyl (C=O) groups excluding carboxylic acids is 4. The lowest BCUT2D eigenvalue weighted by atomic mass is 9.90. The molecule has 4 rings (SSSR count). The van der Waals surface area contributed by atoms with Crippen molar-refractivity contribution in [1.82, 2.24) is 15.6 Å². The minimum Gasteiger partial charge on any atom is -0.344 e. The van der Waals surface area contributed by atoms with Gasteiger partial charge in [0.2, 0.25) is 18.0 Å². The molecule has 1 aliphatic rings. The predicted octanol–water partition coefficient (Wildman–Crippen LogP) is 3.49. The molecule has 2 N–H and O–H groups in total. The number of carbonyl (C=O) groups is 4. The number of hydrogen-bond donors (Lipinski definition) is 2. The van der Waals surface area contributed by atoms with Gasteiger partial charge in [-0.1, -0.05) is 45.0 Å². The molecule has 43 heavy (non-hydrogen) atoms. The number of benzene rings is 2. The van der Waals surface area contributed by atoms with Crippen LogP contribution in [0.5, 0.6) is 0 Å². The van der Waals surface area contributed by atoms with Crippen molar-refractivity contribution in [3.05, 3.63) is 95.1 Å². The van der Waals surface area contributed by atoms with E-state index in [1.807, 2.05) is 0 Å². The fourth-order valence-corrected chi connectivity index (χ4v) is 4.30. The van der Waals surface area contributed by atoms with Crippen molar-refractivity contribution in [1.29, 1.82) is 0 Å². The van der Waals surface area contributed by atoms with Crippen molar-refractivity contribution in [3.8, 4) is 0 Å². The van der Waals surface area contributed by atoms with E-state index in [1.54, 1.807) is 69.4 Å². The van der Waals surface area contributed by atoms with Gasteiger partial charge in [-0.3, -0.25) is 24.2 Å². The van der Waals surface area contributed by atoms with Crippen LogP contribution in [0, 0.1) is 22.9 Å². The Morgan fingerprint density at radius 3 is 2.40 bits per heavy atom. The van der Waals surface area contributed by atoms with Gasteiger partial charge in [-0.05, 0) is 31.2 Å². The Morgan fingerprint density at radius 1 is 1.02 bits per heavy atom. The summed E-state index contributed by atoms with van der Waals surface area (Å²) in [5.74, 6) is -6.52. The van der Waals surface area contributed by atoms with Gasteiger partial charge >= 0.3 is 0 Å². The molecule has 2 atom stereocenters. The van der Waals surface area contributed by atoms with Crippen LogP contribution in [0.3, 0.4) is 0 Å². The second-order valence-corrected chi connectivity index (χ2v) is 11.0. The molecule has 0 bridgehead atoms. The lowest BCUT2D eigenvalue weighted by Crippen LogP contribution is -2.54. The van der Waals surface area contributed by atoms with Crippen molar-refractivity contribution in [2.24, 2.45) is 10.4 Å². The minimum absolute atomic E-state index is 0.233. The molecule has 1 aromatic heterocycles. The third-order valence-corrected chi connectivity index (χ3v) is 6.72. The monoisotopic (exact) mass is 593 g/mol. The number of amides is 3. The molecule has 0 saturated carbocycles. The Hall–Kier alpha value is -4.87. The Kier molecular flexibility index (Phi) is 9.07. The number of nitrogens with zero attached hydrogens (tertiary/aromatic N) is 3. The fraction of sp³-hybridized carbons (Fsp3) is 0.290. The number of aromatic nitrogens is 1. The summed E-state index contributed by atoms with van der Waals surface area (Å²) < 4.78 is 41.1. The number of nitrogens with one attached hydrogen (secondary N) is 2. The third-order valence-electron chi connectivity index (χ3n) is 6.72. The Labute approximate surface area is 246 Å². The van der Waals surface area contributed by atoms with Crippen molar-refractivity contribution in [3.63, 3.8) is 0 Å². The second-order valence-electron chi connectivity index (χ2n) is 11.0. The summed E-state index contributed by atoms with van der Waals surface area (Å²) in [6, 6.07) is 11.8. The quantitative estimate of drug-likeness (QED) is 0.388. The fourth-order valence-electron chi connectivity index (χ4n) is 4.30.